The predicted molar refractivity (Wildman–Crippen MR) is 65.4 cm³/mol. The van der Waals surface area contributed by atoms with Gasteiger partial charge in [-0.2, -0.15) is 0 Å². The smallest absolute Gasteiger partial charge is 0.269 e. The van der Waals surface area contributed by atoms with E-state index >= 15 is 0 Å². The van der Waals surface area contributed by atoms with Gasteiger partial charge in [-0.15, -0.1) is 0 Å². The van der Waals surface area contributed by atoms with E-state index in [4.69, 9.17) is 0 Å². The quantitative estimate of drug-likeness (QED) is 0.625. The minimum absolute atomic E-state index is 0.0560. The fourth-order valence-electron chi connectivity index (χ4n) is 1.22. The first-order chi connectivity index (χ1) is 7.94. The summed E-state index contributed by atoms with van der Waals surface area (Å²) in [6.45, 7) is 1.90. The molecule has 0 bridgehead atoms. The summed E-state index contributed by atoms with van der Waals surface area (Å²) in [7, 11) is -3.35. The maximum atomic E-state index is 11.5. The topological polar surface area (TPSA) is 89.3 Å². The number of sulfonamides is 1. The van der Waals surface area contributed by atoms with Crippen molar-refractivity contribution in [3.8, 4) is 0 Å². The second-order valence-electron chi connectivity index (χ2n) is 3.58. The van der Waals surface area contributed by atoms with Crippen molar-refractivity contribution in [3.05, 3.63) is 34.4 Å². The van der Waals surface area contributed by atoms with Gasteiger partial charge in [0, 0.05) is 17.8 Å². The molecule has 0 spiro atoms. The molecule has 0 aliphatic heterocycles. The van der Waals surface area contributed by atoms with Gasteiger partial charge in [0.2, 0.25) is 10.0 Å². The lowest BCUT2D eigenvalue weighted by molar-refractivity contribution is -0.384. The minimum atomic E-state index is -3.35. The molecule has 1 rings (SSSR count). The van der Waals surface area contributed by atoms with Gasteiger partial charge in [-0.1, -0.05) is 13.3 Å². The lowest BCUT2D eigenvalue weighted by Crippen LogP contribution is -2.16. The van der Waals surface area contributed by atoms with Gasteiger partial charge in [0.15, 0.2) is 0 Å². The molecule has 0 amide bonds. The summed E-state index contributed by atoms with van der Waals surface area (Å²) in [5, 5.41) is 10.4. The first-order valence-electron chi connectivity index (χ1n) is 5.19. The Labute approximate surface area is 99.9 Å². The van der Waals surface area contributed by atoms with Gasteiger partial charge in [-0.05, 0) is 18.6 Å². The van der Waals surface area contributed by atoms with E-state index in [-0.39, 0.29) is 11.4 Å². The molecule has 0 saturated heterocycles. The maximum absolute atomic E-state index is 11.5. The van der Waals surface area contributed by atoms with Crippen LogP contribution in [0.25, 0.3) is 0 Å². The number of unbranched alkanes of at least 4 members (excludes halogenated alkanes) is 1. The van der Waals surface area contributed by atoms with Gasteiger partial charge in [0.1, 0.15) is 0 Å². The van der Waals surface area contributed by atoms with Crippen LogP contribution in [-0.4, -0.2) is 19.1 Å². The Morgan fingerprint density at radius 3 is 2.35 bits per heavy atom. The fraction of sp³-hybridized carbons (Fsp3) is 0.400. The molecular weight excluding hydrogens is 244 g/mol. The van der Waals surface area contributed by atoms with Crippen LogP contribution in [0.1, 0.15) is 19.8 Å². The Kier molecular flexibility index (Phi) is 4.45. The monoisotopic (exact) mass is 258 g/mol. The number of anilines is 1. The number of hydrogen-bond acceptors (Lipinski definition) is 4. The molecule has 0 fully saturated rings. The van der Waals surface area contributed by atoms with Crippen LogP contribution in [-0.2, 0) is 10.0 Å². The van der Waals surface area contributed by atoms with Gasteiger partial charge >= 0.3 is 0 Å². The predicted octanol–water partition coefficient (Wildman–Crippen LogP) is 2.14. The number of nitrogens with zero attached hydrogens (tertiary/aromatic N) is 1. The number of benzene rings is 1. The third kappa shape index (κ3) is 4.39. The lowest BCUT2D eigenvalue weighted by Gasteiger charge is -2.06. The van der Waals surface area contributed by atoms with Crippen molar-refractivity contribution >= 4 is 21.4 Å². The molecule has 0 aliphatic rings. The van der Waals surface area contributed by atoms with Crippen LogP contribution in [0.3, 0.4) is 0 Å². The van der Waals surface area contributed by atoms with Crippen LogP contribution in [0.15, 0.2) is 24.3 Å². The van der Waals surface area contributed by atoms with Crippen LogP contribution in [0.2, 0.25) is 0 Å². The summed E-state index contributed by atoms with van der Waals surface area (Å²) in [4.78, 5) is 9.87. The summed E-state index contributed by atoms with van der Waals surface area (Å²) in [6.07, 6.45) is 1.38. The highest BCUT2D eigenvalue weighted by molar-refractivity contribution is 7.92. The highest BCUT2D eigenvalue weighted by Gasteiger charge is 2.10. The molecule has 6 nitrogen and oxygen atoms in total. The number of nitro benzene ring substituents is 1. The van der Waals surface area contributed by atoms with E-state index in [9.17, 15) is 18.5 Å². The Bertz CT molecular complexity index is 482. The maximum Gasteiger partial charge on any atom is 0.269 e. The molecule has 0 aromatic heterocycles. The molecule has 1 N–H and O–H groups in total. The zero-order valence-corrected chi connectivity index (χ0v) is 10.2. The van der Waals surface area contributed by atoms with E-state index in [1.165, 1.54) is 24.3 Å². The van der Waals surface area contributed by atoms with E-state index in [2.05, 4.69) is 4.72 Å². The van der Waals surface area contributed by atoms with Crippen molar-refractivity contribution in [3.63, 3.8) is 0 Å². The van der Waals surface area contributed by atoms with Gasteiger partial charge in [0.05, 0.1) is 10.7 Å². The molecule has 94 valence electrons. The van der Waals surface area contributed by atoms with Gasteiger partial charge < -0.3 is 0 Å². The van der Waals surface area contributed by atoms with E-state index in [1.807, 2.05) is 6.92 Å². The molecule has 0 heterocycles. The third-order valence-electron chi connectivity index (χ3n) is 2.12. The number of rotatable bonds is 6. The van der Waals surface area contributed by atoms with Crippen molar-refractivity contribution in [2.45, 2.75) is 19.8 Å². The average molecular weight is 258 g/mol. The summed E-state index contributed by atoms with van der Waals surface area (Å²) >= 11 is 0. The lowest BCUT2D eigenvalue weighted by atomic mass is 10.3. The zero-order valence-electron chi connectivity index (χ0n) is 9.42. The summed E-state index contributed by atoms with van der Waals surface area (Å²) in [5.74, 6) is 0.0560. The zero-order chi connectivity index (χ0) is 12.9. The average Bonchev–Trinajstić information content (AvgIpc) is 2.26. The highest BCUT2D eigenvalue weighted by Crippen LogP contribution is 2.16. The Morgan fingerprint density at radius 2 is 1.88 bits per heavy atom. The summed E-state index contributed by atoms with van der Waals surface area (Å²) in [6, 6.07) is 5.28. The Balaban J connectivity index is 2.72. The van der Waals surface area contributed by atoms with E-state index < -0.39 is 14.9 Å². The molecular formula is C10H14N2O4S. The van der Waals surface area contributed by atoms with Crippen LogP contribution in [0, 0.1) is 10.1 Å². The molecule has 1 aromatic rings. The molecule has 17 heavy (non-hydrogen) atoms. The molecule has 0 saturated carbocycles. The normalized spacial score (nSPS) is 11.1. The van der Waals surface area contributed by atoms with Gasteiger partial charge in [-0.25, -0.2) is 8.42 Å². The van der Waals surface area contributed by atoms with Gasteiger partial charge in [0.25, 0.3) is 5.69 Å². The van der Waals surface area contributed by atoms with E-state index in [0.717, 1.165) is 6.42 Å². The van der Waals surface area contributed by atoms with Crippen LogP contribution >= 0.6 is 0 Å². The largest absolute Gasteiger partial charge is 0.284 e. The summed E-state index contributed by atoms with van der Waals surface area (Å²) < 4.78 is 25.4. The number of hydrogen-bond donors (Lipinski definition) is 1. The Hall–Kier alpha value is -1.63. The molecule has 7 heteroatoms. The van der Waals surface area contributed by atoms with E-state index in [1.54, 1.807) is 0 Å². The van der Waals surface area contributed by atoms with Crippen LogP contribution < -0.4 is 4.72 Å². The SMILES string of the molecule is CCCCS(=O)(=O)Nc1ccc([N+](=O)[O-])cc1. The van der Waals surface area contributed by atoms with Crippen molar-refractivity contribution in [2.75, 3.05) is 10.5 Å². The van der Waals surface area contributed by atoms with Crippen LogP contribution in [0.5, 0.6) is 0 Å². The molecule has 0 atom stereocenters. The fourth-order valence-corrected chi connectivity index (χ4v) is 2.48. The first kappa shape index (κ1) is 13.4. The van der Waals surface area contributed by atoms with Crippen LogP contribution in [0.4, 0.5) is 11.4 Å². The molecule has 1 aromatic carbocycles. The molecule has 0 radical (unpaired) electrons. The molecule has 0 unspecified atom stereocenters. The standard InChI is InChI=1S/C10H14N2O4S/c1-2-3-8-17(15,16)11-9-4-6-10(7-5-9)12(13)14/h4-7,11H,2-3,8H2,1H3. The number of nitro groups is 1. The number of non-ortho nitro benzene ring substituents is 1. The first-order valence-corrected chi connectivity index (χ1v) is 6.85. The number of nitrogens with one attached hydrogen (secondary N) is 1. The highest BCUT2D eigenvalue weighted by atomic mass is 32.2. The second kappa shape index (κ2) is 5.62. The second-order valence-corrected chi connectivity index (χ2v) is 5.42. The van der Waals surface area contributed by atoms with E-state index in [0.29, 0.717) is 12.1 Å². The molecule has 0 aliphatic carbocycles. The van der Waals surface area contributed by atoms with Crippen molar-refractivity contribution < 1.29 is 13.3 Å². The van der Waals surface area contributed by atoms with Crippen molar-refractivity contribution in [1.29, 1.82) is 0 Å². The third-order valence-corrected chi connectivity index (χ3v) is 3.49. The van der Waals surface area contributed by atoms with Crippen molar-refractivity contribution in [2.24, 2.45) is 0 Å². The Morgan fingerprint density at radius 1 is 1.29 bits per heavy atom. The van der Waals surface area contributed by atoms with Gasteiger partial charge in [-0.3, -0.25) is 14.8 Å². The minimum Gasteiger partial charge on any atom is -0.284 e. The van der Waals surface area contributed by atoms with Crippen molar-refractivity contribution in [1.82, 2.24) is 0 Å². The summed E-state index contributed by atoms with van der Waals surface area (Å²) in [5.41, 5.74) is 0.271.